The first-order valence-electron chi connectivity index (χ1n) is 20.1. The van der Waals surface area contributed by atoms with Gasteiger partial charge in [0.25, 0.3) is 0 Å². The van der Waals surface area contributed by atoms with Crippen molar-refractivity contribution in [1.29, 1.82) is 0 Å². The predicted molar refractivity (Wildman–Crippen MR) is 247 cm³/mol. The number of thiophene rings is 1. The van der Waals surface area contributed by atoms with Crippen LogP contribution in [0.1, 0.15) is 79.0 Å². The maximum absolute atomic E-state index is 2.68. The third-order valence-electron chi connectivity index (χ3n) is 12.3. The Morgan fingerprint density at radius 3 is 1.71 bits per heavy atom. The van der Waals surface area contributed by atoms with Crippen molar-refractivity contribution in [2.45, 2.75) is 78.6 Å². The lowest BCUT2D eigenvalue weighted by molar-refractivity contribution is 0.590. The second-order valence-corrected chi connectivity index (χ2v) is 20.2. The highest BCUT2D eigenvalue weighted by atomic mass is 32.1. The lowest BCUT2D eigenvalue weighted by atomic mass is 9.43. The van der Waals surface area contributed by atoms with E-state index < -0.39 is 0 Å². The maximum atomic E-state index is 2.68. The molecule has 0 bridgehead atoms. The lowest BCUT2D eigenvalue weighted by Crippen LogP contribution is -2.61. The lowest BCUT2D eigenvalue weighted by Gasteiger charge is -2.46. The summed E-state index contributed by atoms with van der Waals surface area (Å²) in [5.41, 5.74) is 15.6. The van der Waals surface area contributed by atoms with Crippen LogP contribution in [0.15, 0.2) is 133 Å². The van der Waals surface area contributed by atoms with Gasteiger partial charge in [0.05, 0.1) is 5.69 Å². The van der Waals surface area contributed by atoms with Gasteiger partial charge in [0.15, 0.2) is 0 Å². The monoisotopic (exact) mass is 744 g/mol. The van der Waals surface area contributed by atoms with Crippen molar-refractivity contribution in [3.63, 3.8) is 0 Å². The fourth-order valence-corrected chi connectivity index (χ4v) is 10.3. The number of benzene rings is 7. The minimum atomic E-state index is -0.0534. The largest absolute Gasteiger partial charge is 0.376 e. The van der Waals surface area contributed by atoms with Gasteiger partial charge in [-0.15, -0.1) is 11.3 Å². The molecule has 1 aromatic heterocycles. The van der Waals surface area contributed by atoms with Crippen molar-refractivity contribution in [2.24, 2.45) is 0 Å². The molecule has 0 spiro atoms. The van der Waals surface area contributed by atoms with Gasteiger partial charge in [-0.3, -0.25) is 0 Å². The standard InChI is InChI=1S/C52H49BN2S/c1-50(2,3)33-18-23-36(24-19-33)54-44-27-22-35(52(7,8)9)29-43(44)53-48-42(28-32-14-10-11-15-38(32)49(48)54)40-31-47-41(39-16-12-13-17-46(39)56-47)30-45(40)55(53)37-25-20-34(21-26-37)51(4,5)6/h10-31H,1-9H3. The summed E-state index contributed by atoms with van der Waals surface area (Å²) in [6, 6.07) is 51.5. The topological polar surface area (TPSA) is 6.48 Å². The fourth-order valence-electron chi connectivity index (χ4n) is 9.18. The van der Waals surface area contributed by atoms with Gasteiger partial charge in [-0.25, -0.2) is 0 Å². The van der Waals surface area contributed by atoms with Gasteiger partial charge in [0.2, 0.25) is 0 Å². The van der Waals surface area contributed by atoms with E-state index in [1.807, 2.05) is 11.3 Å². The molecule has 2 nitrogen and oxygen atoms in total. The van der Waals surface area contributed by atoms with Crippen LogP contribution in [0.5, 0.6) is 0 Å². The van der Waals surface area contributed by atoms with E-state index in [1.165, 1.54) is 98.1 Å². The second-order valence-electron chi connectivity index (χ2n) is 19.1. The van der Waals surface area contributed by atoms with Gasteiger partial charge in [0, 0.05) is 53.9 Å². The van der Waals surface area contributed by atoms with E-state index in [2.05, 4.69) is 205 Å². The average molecular weight is 745 g/mol. The summed E-state index contributed by atoms with van der Waals surface area (Å²) in [6.45, 7) is 20.8. The summed E-state index contributed by atoms with van der Waals surface area (Å²) in [6.07, 6.45) is 0. The summed E-state index contributed by atoms with van der Waals surface area (Å²) in [7, 11) is 0. The normalized spacial score (nSPS) is 14.1. The number of rotatable bonds is 2. The number of anilines is 5. The molecule has 56 heavy (non-hydrogen) atoms. The van der Waals surface area contributed by atoms with Crippen LogP contribution >= 0.6 is 11.3 Å². The second kappa shape index (κ2) is 12.1. The Kier molecular flexibility index (Phi) is 7.58. The average Bonchev–Trinajstić information content (AvgIpc) is 3.53. The van der Waals surface area contributed by atoms with Gasteiger partial charge in [-0.1, -0.05) is 141 Å². The first-order chi connectivity index (χ1) is 26.7. The zero-order valence-electron chi connectivity index (χ0n) is 34.1. The molecule has 3 heterocycles. The zero-order valence-corrected chi connectivity index (χ0v) is 34.9. The minimum Gasteiger partial charge on any atom is -0.376 e. The quantitative estimate of drug-likeness (QED) is 0.163. The van der Waals surface area contributed by atoms with E-state index in [4.69, 9.17) is 0 Å². The van der Waals surface area contributed by atoms with Crippen molar-refractivity contribution in [3.05, 3.63) is 150 Å². The highest BCUT2D eigenvalue weighted by molar-refractivity contribution is 7.25. The number of hydrogen-bond acceptors (Lipinski definition) is 3. The Hall–Kier alpha value is -5.32. The molecule has 276 valence electrons. The van der Waals surface area contributed by atoms with Crippen molar-refractivity contribution in [1.82, 2.24) is 0 Å². The SMILES string of the molecule is CC(C)(C)c1ccc(N2B3c4cc(C(C)(C)C)ccc4N(c4ccc(C(C)(C)C)cc4)c4c3c(cc3ccccc43)-c3cc4sc5ccccc5c4cc32)cc1. The van der Waals surface area contributed by atoms with E-state index in [-0.39, 0.29) is 23.1 Å². The smallest absolute Gasteiger partial charge is 0.333 e. The maximum Gasteiger partial charge on any atom is 0.333 e. The molecule has 10 rings (SSSR count). The number of fused-ring (bicyclic) bond motifs is 9. The third kappa shape index (κ3) is 5.36. The number of nitrogens with zero attached hydrogens (tertiary/aromatic N) is 2. The predicted octanol–water partition coefficient (Wildman–Crippen LogP) is 13.8. The molecule has 0 radical (unpaired) electrons. The van der Waals surface area contributed by atoms with Crippen molar-refractivity contribution < 1.29 is 0 Å². The summed E-state index contributed by atoms with van der Waals surface area (Å²) < 4.78 is 2.66. The molecule has 0 saturated carbocycles. The molecule has 0 atom stereocenters. The molecule has 7 aromatic carbocycles. The van der Waals surface area contributed by atoms with E-state index in [0.717, 1.165) is 0 Å². The van der Waals surface area contributed by atoms with Crippen LogP contribution in [0, 0.1) is 0 Å². The van der Waals surface area contributed by atoms with E-state index in [1.54, 1.807) is 0 Å². The van der Waals surface area contributed by atoms with Gasteiger partial charge in [-0.2, -0.15) is 0 Å². The molecule has 0 amide bonds. The third-order valence-corrected chi connectivity index (χ3v) is 13.4. The molecular weight excluding hydrogens is 695 g/mol. The molecule has 0 saturated heterocycles. The van der Waals surface area contributed by atoms with Crippen LogP contribution in [-0.4, -0.2) is 6.85 Å². The first kappa shape index (κ1) is 35.1. The van der Waals surface area contributed by atoms with E-state index in [9.17, 15) is 0 Å². The Labute approximate surface area is 336 Å². The number of hydrogen-bond donors (Lipinski definition) is 0. The van der Waals surface area contributed by atoms with Crippen molar-refractivity contribution in [3.8, 4) is 11.1 Å². The van der Waals surface area contributed by atoms with Crippen LogP contribution in [-0.2, 0) is 16.2 Å². The first-order valence-corrected chi connectivity index (χ1v) is 20.9. The molecule has 2 aliphatic heterocycles. The van der Waals surface area contributed by atoms with Gasteiger partial charge < -0.3 is 9.71 Å². The fraction of sp³-hybridized carbons (Fsp3) is 0.231. The Morgan fingerprint density at radius 1 is 0.464 bits per heavy atom. The summed E-state index contributed by atoms with van der Waals surface area (Å²) in [5, 5.41) is 5.19. The zero-order chi connectivity index (χ0) is 38.9. The van der Waals surface area contributed by atoms with E-state index in [0.29, 0.717) is 0 Å². The molecule has 0 unspecified atom stereocenters. The highest BCUT2D eigenvalue weighted by Gasteiger charge is 2.46. The summed E-state index contributed by atoms with van der Waals surface area (Å²) >= 11 is 1.90. The van der Waals surface area contributed by atoms with Gasteiger partial charge in [-0.05, 0) is 109 Å². The molecule has 0 N–H and O–H groups in total. The van der Waals surface area contributed by atoms with Crippen LogP contribution in [0.4, 0.5) is 28.4 Å². The van der Waals surface area contributed by atoms with E-state index >= 15 is 0 Å². The Morgan fingerprint density at radius 2 is 1.05 bits per heavy atom. The van der Waals surface area contributed by atoms with Crippen LogP contribution in [0.2, 0.25) is 0 Å². The minimum absolute atomic E-state index is 0.0196. The highest BCUT2D eigenvalue weighted by Crippen LogP contribution is 2.51. The Bertz CT molecular complexity index is 2860. The molecule has 0 fully saturated rings. The molecular formula is C52H49BN2S. The summed E-state index contributed by atoms with van der Waals surface area (Å²) in [5.74, 6) is 0. The van der Waals surface area contributed by atoms with Crippen molar-refractivity contribution >= 4 is 88.5 Å². The van der Waals surface area contributed by atoms with Crippen molar-refractivity contribution in [2.75, 3.05) is 9.71 Å². The van der Waals surface area contributed by atoms with Gasteiger partial charge >= 0.3 is 6.85 Å². The molecule has 2 aliphatic rings. The summed E-state index contributed by atoms with van der Waals surface area (Å²) in [4.78, 5) is 5.26. The van der Waals surface area contributed by atoms with Crippen LogP contribution in [0.25, 0.3) is 42.1 Å². The molecule has 0 aliphatic carbocycles. The molecule has 4 heteroatoms. The van der Waals surface area contributed by atoms with Gasteiger partial charge in [0.1, 0.15) is 0 Å². The van der Waals surface area contributed by atoms with Crippen LogP contribution < -0.4 is 20.6 Å². The molecule has 8 aromatic rings. The van der Waals surface area contributed by atoms with Crippen LogP contribution in [0.3, 0.4) is 0 Å². The Balaban J connectivity index is 1.36.